The van der Waals surface area contributed by atoms with Crippen molar-refractivity contribution in [3.05, 3.63) is 34.3 Å². The summed E-state index contributed by atoms with van der Waals surface area (Å²) in [4.78, 5) is 0. The van der Waals surface area contributed by atoms with Crippen LogP contribution in [-0.4, -0.2) is 31.2 Å². The minimum absolute atomic E-state index is 0.459. The van der Waals surface area contributed by atoms with Gasteiger partial charge in [-0.2, -0.15) is 0 Å². The highest BCUT2D eigenvalue weighted by Gasteiger charge is 2.32. The van der Waals surface area contributed by atoms with Gasteiger partial charge in [-0.15, -0.1) is 0 Å². The molecular formula is C12H17BrO3. The van der Waals surface area contributed by atoms with Crippen molar-refractivity contribution in [3.8, 4) is 0 Å². The first-order valence-corrected chi connectivity index (χ1v) is 5.82. The van der Waals surface area contributed by atoms with Gasteiger partial charge >= 0.3 is 0 Å². The quantitative estimate of drug-likeness (QED) is 0.846. The molecule has 0 bridgehead atoms. The van der Waals surface area contributed by atoms with E-state index in [1.165, 1.54) is 14.2 Å². The molecule has 16 heavy (non-hydrogen) atoms. The van der Waals surface area contributed by atoms with Crippen LogP contribution in [-0.2, 0) is 15.9 Å². The largest absolute Gasteiger partial charge is 0.385 e. The van der Waals surface area contributed by atoms with Crippen LogP contribution in [0.25, 0.3) is 0 Å². The van der Waals surface area contributed by atoms with Crippen molar-refractivity contribution in [2.75, 3.05) is 14.2 Å². The lowest BCUT2D eigenvalue weighted by Crippen LogP contribution is -2.43. The van der Waals surface area contributed by atoms with Crippen LogP contribution in [0.2, 0.25) is 0 Å². The van der Waals surface area contributed by atoms with E-state index in [1.54, 1.807) is 6.92 Å². The molecule has 0 heterocycles. The molecule has 90 valence electrons. The first-order chi connectivity index (χ1) is 7.51. The summed E-state index contributed by atoms with van der Waals surface area (Å²) < 4.78 is 11.2. The zero-order valence-corrected chi connectivity index (χ0v) is 11.3. The summed E-state index contributed by atoms with van der Waals surface area (Å²) in [5, 5.41) is 10.3. The molecule has 0 aliphatic carbocycles. The second kappa shape index (κ2) is 5.77. The van der Waals surface area contributed by atoms with Gasteiger partial charge in [0.2, 0.25) is 0 Å². The minimum atomic E-state index is -1.06. The molecule has 0 aliphatic rings. The molecule has 1 aromatic rings. The lowest BCUT2D eigenvalue weighted by Gasteiger charge is -2.30. The second-order valence-corrected chi connectivity index (χ2v) is 4.78. The summed E-state index contributed by atoms with van der Waals surface area (Å²) in [5.41, 5.74) is -0.0421. The van der Waals surface area contributed by atoms with Gasteiger partial charge in [-0.1, -0.05) is 34.1 Å². The monoisotopic (exact) mass is 288 g/mol. The summed E-state index contributed by atoms with van der Waals surface area (Å²) in [7, 11) is 3.03. The summed E-state index contributed by atoms with van der Waals surface area (Å²) in [6, 6.07) is 7.78. The maximum Gasteiger partial charge on any atom is 0.185 e. The van der Waals surface area contributed by atoms with E-state index < -0.39 is 11.9 Å². The van der Waals surface area contributed by atoms with Crippen LogP contribution < -0.4 is 0 Å². The summed E-state index contributed by atoms with van der Waals surface area (Å²) >= 11 is 3.45. The van der Waals surface area contributed by atoms with Crippen LogP contribution in [0.3, 0.4) is 0 Å². The Labute approximate surface area is 105 Å². The standard InChI is InChI=1S/C12H17BrO3/c1-12(14,11(15-2)16-3)8-9-6-4-5-7-10(9)13/h4-7,11,14H,8H2,1-3H3. The van der Waals surface area contributed by atoms with Gasteiger partial charge in [0.25, 0.3) is 0 Å². The molecule has 0 spiro atoms. The molecular weight excluding hydrogens is 272 g/mol. The Hall–Kier alpha value is -0.420. The van der Waals surface area contributed by atoms with Gasteiger partial charge in [0.15, 0.2) is 6.29 Å². The van der Waals surface area contributed by atoms with Crippen molar-refractivity contribution in [1.82, 2.24) is 0 Å². The molecule has 4 heteroatoms. The highest BCUT2D eigenvalue weighted by atomic mass is 79.9. The predicted octanol–water partition coefficient (Wildman–Crippen LogP) is 2.36. The maximum absolute atomic E-state index is 10.3. The summed E-state index contributed by atoms with van der Waals surface area (Å²) in [6.07, 6.45) is -0.180. The molecule has 1 unspecified atom stereocenters. The van der Waals surface area contributed by atoms with Crippen molar-refractivity contribution < 1.29 is 14.6 Å². The first kappa shape index (κ1) is 13.6. The van der Waals surface area contributed by atoms with E-state index in [2.05, 4.69) is 15.9 Å². The molecule has 1 rings (SSSR count). The van der Waals surface area contributed by atoms with Gasteiger partial charge in [-0.25, -0.2) is 0 Å². The fourth-order valence-corrected chi connectivity index (χ4v) is 2.14. The molecule has 0 radical (unpaired) electrons. The Morgan fingerprint density at radius 2 is 1.88 bits per heavy atom. The number of halogens is 1. The molecule has 0 saturated heterocycles. The number of hydrogen-bond donors (Lipinski definition) is 1. The zero-order chi connectivity index (χ0) is 12.2. The van der Waals surface area contributed by atoms with Gasteiger partial charge < -0.3 is 14.6 Å². The van der Waals surface area contributed by atoms with Gasteiger partial charge in [0, 0.05) is 25.1 Å². The second-order valence-electron chi connectivity index (χ2n) is 3.93. The van der Waals surface area contributed by atoms with Crippen molar-refractivity contribution in [3.63, 3.8) is 0 Å². The SMILES string of the molecule is COC(OC)C(C)(O)Cc1ccccc1Br. The number of ether oxygens (including phenoxy) is 2. The molecule has 0 fully saturated rings. The van der Waals surface area contributed by atoms with Gasteiger partial charge in [-0.05, 0) is 18.6 Å². The molecule has 3 nitrogen and oxygen atoms in total. The average Bonchev–Trinajstić information content (AvgIpc) is 2.22. The lowest BCUT2D eigenvalue weighted by atomic mass is 9.96. The van der Waals surface area contributed by atoms with E-state index in [1.807, 2.05) is 24.3 Å². The molecule has 1 atom stereocenters. The highest BCUT2D eigenvalue weighted by molar-refractivity contribution is 9.10. The third kappa shape index (κ3) is 3.28. The minimum Gasteiger partial charge on any atom is -0.385 e. The van der Waals surface area contributed by atoms with Crippen molar-refractivity contribution >= 4 is 15.9 Å². The summed E-state index contributed by atoms with van der Waals surface area (Å²) in [5.74, 6) is 0. The number of hydrogen-bond acceptors (Lipinski definition) is 3. The first-order valence-electron chi connectivity index (χ1n) is 5.02. The average molecular weight is 289 g/mol. The van der Waals surface area contributed by atoms with Crippen LogP contribution in [0.5, 0.6) is 0 Å². The molecule has 0 aromatic heterocycles. The number of aliphatic hydroxyl groups is 1. The Morgan fingerprint density at radius 3 is 2.38 bits per heavy atom. The number of methoxy groups -OCH3 is 2. The highest BCUT2D eigenvalue weighted by Crippen LogP contribution is 2.24. The van der Waals surface area contributed by atoms with E-state index in [0.29, 0.717) is 6.42 Å². The van der Waals surface area contributed by atoms with Crippen LogP contribution in [0.4, 0.5) is 0 Å². The fourth-order valence-electron chi connectivity index (χ4n) is 1.71. The third-order valence-electron chi connectivity index (χ3n) is 2.44. The lowest BCUT2D eigenvalue weighted by molar-refractivity contribution is -0.207. The smallest absolute Gasteiger partial charge is 0.185 e. The van der Waals surface area contributed by atoms with E-state index in [0.717, 1.165) is 10.0 Å². The van der Waals surface area contributed by atoms with Crippen LogP contribution in [0.15, 0.2) is 28.7 Å². The molecule has 0 amide bonds. The van der Waals surface area contributed by atoms with Crippen LogP contribution >= 0.6 is 15.9 Å². The predicted molar refractivity (Wildman–Crippen MR) is 66.3 cm³/mol. The van der Waals surface area contributed by atoms with Crippen molar-refractivity contribution in [1.29, 1.82) is 0 Å². The Kier molecular flexibility index (Phi) is 4.92. The molecule has 1 aromatic carbocycles. The zero-order valence-electron chi connectivity index (χ0n) is 9.74. The van der Waals surface area contributed by atoms with Crippen LogP contribution in [0.1, 0.15) is 12.5 Å². The fraction of sp³-hybridized carbons (Fsp3) is 0.500. The Morgan fingerprint density at radius 1 is 1.31 bits per heavy atom. The topological polar surface area (TPSA) is 38.7 Å². The van der Waals surface area contributed by atoms with Crippen molar-refractivity contribution in [2.24, 2.45) is 0 Å². The molecule has 0 saturated carbocycles. The normalized spacial score (nSPS) is 15.1. The van der Waals surface area contributed by atoms with Gasteiger partial charge in [0.1, 0.15) is 5.60 Å². The van der Waals surface area contributed by atoms with Gasteiger partial charge in [-0.3, -0.25) is 0 Å². The summed E-state index contributed by atoms with van der Waals surface area (Å²) in [6.45, 7) is 1.70. The van der Waals surface area contributed by atoms with E-state index >= 15 is 0 Å². The third-order valence-corrected chi connectivity index (χ3v) is 3.22. The van der Waals surface area contributed by atoms with Crippen molar-refractivity contribution in [2.45, 2.75) is 25.2 Å². The number of benzene rings is 1. The van der Waals surface area contributed by atoms with E-state index in [9.17, 15) is 5.11 Å². The Bertz CT molecular complexity index is 335. The van der Waals surface area contributed by atoms with E-state index in [-0.39, 0.29) is 0 Å². The Balaban J connectivity index is 2.83. The van der Waals surface area contributed by atoms with Gasteiger partial charge in [0.05, 0.1) is 0 Å². The molecule has 1 N–H and O–H groups in total. The maximum atomic E-state index is 10.3. The van der Waals surface area contributed by atoms with Crippen LogP contribution in [0, 0.1) is 0 Å². The molecule has 0 aliphatic heterocycles. The van der Waals surface area contributed by atoms with E-state index in [4.69, 9.17) is 9.47 Å². The number of rotatable bonds is 5.